The van der Waals surface area contributed by atoms with E-state index in [1.807, 2.05) is 27.7 Å². The van der Waals surface area contributed by atoms with Crippen molar-refractivity contribution in [3.8, 4) is 0 Å². The number of hydrogen-bond acceptors (Lipinski definition) is 14. The van der Waals surface area contributed by atoms with Crippen LogP contribution in [0.4, 0.5) is 0 Å². The number of aliphatic hydroxyl groups is 1. The fraction of sp³-hybridized carbons (Fsp3) is 0.717. The molecular weight excluding hydrogens is 1010 g/mol. The SMILES string of the molecule is CC(C)C[C@H](NC(=O)[C@H](CCCN)NC(=O)[C@@H](NC(=O)[C@@H]1CCCN1C(=O)[C@@H](Cc1ccccc1)NC(=O)[C@H](CC(C)C)NC(=O)[C@H](CCCN)NC(=O)[C@@H](NC(=O)C1O[C@@H](CN=[N+]=[N-])CC[C@@H]1O)C(C)C)C(C)C)C(=O)O. The van der Waals surface area contributed by atoms with Gasteiger partial charge in [0.2, 0.25) is 41.4 Å². The van der Waals surface area contributed by atoms with E-state index in [1.165, 1.54) is 4.90 Å². The summed E-state index contributed by atoms with van der Waals surface area (Å²) in [6.45, 7) is 14.5. The second kappa shape index (κ2) is 33.1. The number of amides is 8. The normalized spacial score (nSPS) is 20.0. The summed E-state index contributed by atoms with van der Waals surface area (Å²) in [5.41, 5.74) is 21.0. The lowest BCUT2D eigenvalue weighted by Crippen LogP contribution is -2.61. The Morgan fingerprint density at radius 2 is 1.15 bits per heavy atom. The van der Waals surface area contributed by atoms with E-state index in [2.05, 4.69) is 47.2 Å². The van der Waals surface area contributed by atoms with Gasteiger partial charge in [0.25, 0.3) is 5.91 Å². The number of carbonyl (C=O) groups is 9. The summed E-state index contributed by atoms with van der Waals surface area (Å²) in [5.74, 6) is -8.05. The van der Waals surface area contributed by atoms with Crippen molar-refractivity contribution in [2.45, 2.75) is 193 Å². The highest BCUT2D eigenvalue weighted by molar-refractivity contribution is 5.98. The number of nitrogens with zero attached hydrogens (tertiary/aromatic N) is 4. The largest absolute Gasteiger partial charge is 0.480 e. The molecule has 13 N–H and O–H groups in total. The number of hydrogen-bond donors (Lipinski definition) is 11. The van der Waals surface area contributed by atoms with Crippen molar-refractivity contribution >= 4 is 53.2 Å². The van der Waals surface area contributed by atoms with Crippen molar-refractivity contribution < 1.29 is 58.1 Å². The van der Waals surface area contributed by atoms with Gasteiger partial charge in [0.15, 0.2) is 6.10 Å². The number of aliphatic carboxylic acids is 1. The predicted octanol–water partition coefficient (Wildman–Crippen LogP) is 0.799. The van der Waals surface area contributed by atoms with Crippen molar-refractivity contribution in [1.82, 2.24) is 42.1 Å². The minimum atomic E-state index is -1.36. The summed E-state index contributed by atoms with van der Waals surface area (Å²) in [4.78, 5) is 129. The first-order valence-corrected chi connectivity index (χ1v) is 27.4. The molecule has 436 valence electrons. The number of carboxylic acids is 1. The minimum Gasteiger partial charge on any atom is -0.480 e. The van der Waals surface area contributed by atoms with Crippen LogP contribution in [0.3, 0.4) is 0 Å². The number of ether oxygens (including phenoxy) is 1. The molecule has 11 atom stereocenters. The van der Waals surface area contributed by atoms with Crippen LogP contribution in [0.1, 0.15) is 125 Å². The van der Waals surface area contributed by atoms with Gasteiger partial charge in [-0.1, -0.05) is 90.8 Å². The third-order valence-corrected chi connectivity index (χ3v) is 13.6. The molecule has 8 amide bonds. The molecule has 2 fully saturated rings. The number of azide groups is 1. The van der Waals surface area contributed by atoms with Crippen LogP contribution in [-0.2, 0) is 54.3 Å². The van der Waals surface area contributed by atoms with Gasteiger partial charge in [-0.15, -0.1) is 0 Å². The van der Waals surface area contributed by atoms with Crippen molar-refractivity contribution in [2.24, 2.45) is 40.3 Å². The van der Waals surface area contributed by atoms with Gasteiger partial charge in [-0.3, -0.25) is 38.4 Å². The number of nitrogens with one attached hydrogen (secondary N) is 7. The third kappa shape index (κ3) is 21.1. The zero-order chi connectivity index (χ0) is 58.2. The lowest BCUT2D eigenvalue weighted by atomic mass is 9.98. The molecule has 0 bridgehead atoms. The van der Waals surface area contributed by atoms with Gasteiger partial charge in [-0.25, -0.2) is 4.79 Å². The van der Waals surface area contributed by atoms with E-state index in [1.54, 1.807) is 58.0 Å². The fourth-order valence-electron chi connectivity index (χ4n) is 9.40. The summed E-state index contributed by atoms with van der Waals surface area (Å²) < 4.78 is 5.73. The Hall–Kier alpha value is -6.40. The number of rotatable bonds is 32. The topological polar surface area (TPSA) is 392 Å². The van der Waals surface area contributed by atoms with E-state index in [-0.39, 0.29) is 89.4 Å². The molecule has 25 heteroatoms. The van der Waals surface area contributed by atoms with Crippen molar-refractivity contribution in [3.63, 3.8) is 0 Å². The Kier molecular flexibility index (Phi) is 28.0. The standard InChI is InChI=1S/C53H87N13O12/c1-29(2)25-37(60-45(68)35(17-12-22-54)58-50(73)43(32(7)8)64-51(74)44-41(67)21-20-34(78-44)28-57-65-56)47(70)61-38(27-33-15-10-9-11-16-33)52(75)66-24-14-19-40(66)48(71)63-42(31(5)6)49(72)59-36(18-13-23-55)46(69)62-39(53(76)77)26-30(3)4/h9-11,15-16,29-32,34-44,67H,12-14,17-28,54-55H2,1-8H3,(H,58,73)(H,59,72)(H,60,68)(H,61,70)(H,62,69)(H,63,71)(H,64,74)(H,76,77)/t34-,35+,36+,37+,38-,39+,40+,41+,42+,43+,44?/m1/s1. The summed E-state index contributed by atoms with van der Waals surface area (Å²) in [5, 5.41) is 42.9. The second-order valence-electron chi connectivity index (χ2n) is 21.8. The van der Waals surface area contributed by atoms with Crippen LogP contribution in [0.25, 0.3) is 10.4 Å². The molecule has 1 aromatic carbocycles. The van der Waals surface area contributed by atoms with Gasteiger partial charge in [0, 0.05) is 17.9 Å². The van der Waals surface area contributed by atoms with Crippen LogP contribution in [0.5, 0.6) is 0 Å². The van der Waals surface area contributed by atoms with Crippen molar-refractivity contribution in [3.05, 3.63) is 46.3 Å². The summed E-state index contributed by atoms with van der Waals surface area (Å²) in [7, 11) is 0. The van der Waals surface area contributed by atoms with E-state index in [0.717, 1.165) is 0 Å². The third-order valence-electron chi connectivity index (χ3n) is 13.6. The maximum absolute atomic E-state index is 14.8. The smallest absolute Gasteiger partial charge is 0.326 e. The lowest BCUT2D eigenvalue weighted by Gasteiger charge is -2.34. The highest BCUT2D eigenvalue weighted by Crippen LogP contribution is 2.23. The average Bonchev–Trinajstić information content (AvgIpc) is 3.90. The summed E-state index contributed by atoms with van der Waals surface area (Å²) in [6.07, 6.45) is -0.974. The Bertz CT molecular complexity index is 2210. The molecule has 3 rings (SSSR count). The van der Waals surface area contributed by atoms with Crippen LogP contribution in [-0.4, -0.2) is 161 Å². The van der Waals surface area contributed by atoms with E-state index < -0.39 is 132 Å². The molecule has 0 spiro atoms. The lowest BCUT2D eigenvalue weighted by molar-refractivity contribution is -0.158. The average molecular weight is 1100 g/mol. The zero-order valence-corrected chi connectivity index (χ0v) is 46.6. The molecule has 2 aliphatic rings. The number of benzene rings is 1. The molecule has 0 aliphatic carbocycles. The number of aliphatic hydroxyl groups excluding tert-OH is 1. The van der Waals surface area contributed by atoms with E-state index in [9.17, 15) is 53.4 Å². The van der Waals surface area contributed by atoms with Crippen LogP contribution in [0, 0.1) is 23.7 Å². The Morgan fingerprint density at radius 3 is 1.65 bits per heavy atom. The fourth-order valence-corrected chi connectivity index (χ4v) is 9.40. The quantitative estimate of drug-likeness (QED) is 0.0270. The van der Waals surface area contributed by atoms with Crippen molar-refractivity contribution in [2.75, 3.05) is 26.2 Å². The van der Waals surface area contributed by atoms with Gasteiger partial charge in [-0.2, -0.15) is 0 Å². The highest BCUT2D eigenvalue weighted by Gasteiger charge is 2.42. The predicted molar refractivity (Wildman–Crippen MR) is 289 cm³/mol. The van der Waals surface area contributed by atoms with Crippen LogP contribution >= 0.6 is 0 Å². The maximum atomic E-state index is 14.8. The first-order valence-electron chi connectivity index (χ1n) is 27.4. The van der Waals surface area contributed by atoms with Crippen molar-refractivity contribution in [1.29, 1.82) is 0 Å². The van der Waals surface area contributed by atoms with Gasteiger partial charge in [0.05, 0.1) is 18.8 Å². The maximum Gasteiger partial charge on any atom is 0.326 e. The number of nitrogens with two attached hydrogens (primary N) is 2. The molecule has 78 heavy (non-hydrogen) atoms. The van der Waals surface area contributed by atoms with Gasteiger partial charge < -0.3 is 68.5 Å². The van der Waals surface area contributed by atoms with Crippen LogP contribution in [0.2, 0.25) is 0 Å². The molecule has 2 aliphatic heterocycles. The number of likely N-dealkylation sites (tertiary alicyclic amines) is 1. The molecule has 1 unspecified atom stereocenters. The number of carboxylic acid groups (broad SMARTS) is 1. The van der Waals surface area contributed by atoms with E-state index in [4.69, 9.17) is 21.7 Å². The highest BCUT2D eigenvalue weighted by atomic mass is 16.5. The molecule has 25 nitrogen and oxygen atoms in total. The first-order chi connectivity index (χ1) is 36.9. The number of carbonyl (C=O) groups excluding carboxylic acids is 8. The monoisotopic (exact) mass is 1100 g/mol. The zero-order valence-electron chi connectivity index (χ0n) is 46.6. The second-order valence-corrected chi connectivity index (χ2v) is 21.8. The summed E-state index contributed by atoms with van der Waals surface area (Å²) in [6, 6.07) is -0.639. The van der Waals surface area contributed by atoms with Gasteiger partial charge >= 0.3 is 5.97 Å². The van der Waals surface area contributed by atoms with Gasteiger partial charge in [0.1, 0.15) is 48.3 Å². The molecule has 0 saturated carbocycles. The molecule has 2 saturated heterocycles. The van der Waals surface area contributed by atoms with Gasteiger partial charge in [-0.05, 0) is 112 Å². The van der Waals surface area contributed by atoms with Crippen LogP contribution in [0.15, 0.2) is 35.4 Å². The molecule has 1 aromatic rings. The Morgan fingerprint density at radius 1 is 0.667 bits per heavy atom. The molecule has 0 aromatic heterocycles. The molecule has 2 heterocycles. The molecular formula is C53H87N13O12. The first kappa shape index (κ1) is 65.9. The minimum absolute atomic E-state index is 0.00332. The summed E-state index contributed by atoms with van der Waals surface area (Å²) >= 11 is 0. The van der Waals surface area contributed by atoms with E-state index in [0.29, 0.717) is 24.8 Å². The van der Waals surface area contributed by atoms with Crippen LogP contribution < -0.4 is 48.7 Å². The van der Waals surface area contributed by atoms with E-state index >= 15 is 0 Å². The molecule has 0 radical (unpaired) electrons. The Labute approximate surface area is 457 Å². The Balaban J connectivity index is 1.86.